The van der Waals surface area contributed by atoms with E-state index in [0.29, 0.717) is 6.54 Å². The summed E-state index contributed by atoms with van der Waals surface area (Å²) in [6, 6.07) is 0. The van der Waals surface area contributed by atoms with Crippen molar-refractivity contribution in [3.63, 3.8) is 0 Å². The molecule has 11 heavy (non-hydrogen) atoms. The van der Waals surface area contributed by atoms with Gasteiger partial charge in [-0.2, -0.15) is 0 Å². The van der Waals surface area contributed by atoms with E-state index in [-0.39, 0.29) is 17.3 Å². The highest BCUT2D eigenvalue weighted by molar-refractivity contribution is 6.17. The van der Waals surface area contributed by atoms with Gasteiger partial charge in [0.05, 0.1) is 5.57 Å². The Morgan fingerprint density at radius 2 is 2.00 bits per heavy atom. The van der Waals surface area contributed by atoms with Crippen LogP contribution in [0.3, 0.4) is 0 Å². The summed E-state index contributed by atoms with van der Waals surface area (Å²) in [7, 11) is 0. The van der Waals surface area contributed by atoms with Crippen LogP contribution in [0.5, 0.6) is 0 Å². The van der Waals surface area contributed by atoms with Crippen LogP contribution in [0.25, 0.3) is 0 Å². The van der Waals surface area contributed by atoms with Gasteiger partial charge in [0.1, 0.15) is 0 Å². The summed E-state index contributed by atoms with van der Waals surface area (Å²) in [5, 5.41) is 2.55. The van der Waals surface area contributed by atoms with Gasteiger partial charge in [-0.1, -0.05) is 13.5 Å². The Hall–Kier alpha value is -1.12. The van der Waals surface area contributed by atoms with Crippen molar-refractivity contribution >= 4 is 11.7 Å². The van der Waals surface area contributed by atoms with Crippen LogP contribution < -0.4 is 5.32 Å². The standard InChI is InChI=1S/C8H13NO2/c1-4-5-9-8(11)6(2)7(3)10/h2,4-5H2,1,3H3,(H,9,11). The zero-order valence-electron chi connectivity index (χ0n) is 6.94. The normalized spacial score (nSPS) is 8.91. The quantitative estimate of drug-likeness (QED) is 0.368. The molecule has 0 fully saturated rings. The van der Waals surface area contributed by atoms with Crippen LogP contribution in [0, 0.1) is 0 Å². The van der Waals surface area contributed by atoms with E-state index in [1.165, 1.54) is 6.92 Å². The van der Waals surface area contributed by atoms with E-state index in [0.717, 1.165) is 6.42 Å². The predicted octanol–water partition coefficient (Wildman–Crippen LogP) is 0.658. The molecule has 0 spiro atoms. The van der Waals surface area contributed by atoms with Crippen molar-refractivity contribution in [1.82, 2.24) is 5.32 Å². The van der Waals surface area contributed by atoms with Crippen molar-refractivity contribution in [2.24, 2.45) is 0 Å². The van der Waals surface area contributed by atoms with Gasteiger partial charge >= 0.3 is 0 Å². The van der Waals surface area contributed by atoms with E-state index in [9.17, 15) is 9.59 Å². The molecule has 0 aliphatic carbocycles. The van der Waals surface area contributed by atoms with Gasteiger partial charge in [0, 0.05) is 6.54 Å². The Bertz CT molecular complexity index is 185. The van der Waals surface area contributed by atoms with Gasteiger partial charge in [0.15, 0.2) is 5.78 Å². The first kappa shape index (κ1) is 9.88. The smallest absolute Gasteiger partial charge is 0.254 e. The molecule has 0 atom stereocenters. The molecule has 0 aromatic heterocycles. The van der Waals surface area contributed by atoms with Gasteiger partial charge in [-0.25, -0.2) is 0 Å². The Labute approximate surface area is 66.5 Å². The number of nitrogens with one attached hydrogen (secondary N) is 1. The van der Waals surface area contributed by atoms with Crippen molar-refractivity contribution in [1.29, 1.82) is 0 Å². The Morgan fingerprint density at radius 1 is 1.45 bits per heavy atom. The largest absolute Gasteiger partial charge is 0.352 e. The Kier molecular flexibility index (Phi) is 4.18. The maximum Gasteiger partial charge on any atom is 0.254 e. The second-order valence-electron chi connectivity index (χ2n) is 2.29. The van der Waals surface area contributed by atoms with Gasteiger partial charge in [0.2, 0.25) is 0 Å². The van der Waals surface area contributed by atoms with Gasteiger partial charge in [-0.15, -0.1) is 0 Å². The van der Waals surface area contributed by atoms with E-state index in [1.807, 2.05) is 6.92 Å². The summed E-state index contributed by atoms with van der Waals surface area (Å²) in [6.07, 6.45) is 0.858. The highest BCUT2D eigenvalue weighted by Crippen LogP contribution is 1.90. The molecule has 0 aromatic carbocycles. The average molecular weight is 155 g/mol. The van der Waals surface area contributed by atoms with Crippen molar-refractivity contribution in [2.45, 2.75) is 20.3 Å². The first-order chi connectivity index (χ1) is 5.09. The fraction of sp³-hybridized carbons (Fsp3) is 0.500. The zero-order valence-corrected chi connectivity index (χ0v) is 6.94. The van der Waals surface area contributed by atoms with E-state index in [1.54, 1.807) is 0 Å². The maximum absolute atomic E-state index is 10.9. The summed E-state index contributed by atoms with van der Waals surface area (Å²) >= 11 is 0. The average Bonchev–Trinajstić information content (AvgIpc) is 1.98. The molecule has 0 heterocycles. The molecule has 62 valence electrons. The number of amides is 1. The molecule has 3 heteroatoms. The summed E-state index contributed by atoms with van der Waals surface area (Å²) in [5.41, 5.74) is 0.0263. The molecule has 1 amide bonds. The number of Topliss-reactive ketones (excluding diaryl/α,β-unsaturated/α-hetero) is 1. The lowest BCUT2D eigenvalue weighted by Gasteiger charge is -2.01. The van der Waals surface area contributed by atoms with Crippen molar-refractivity contribution in [3.05, 3.63) is 12.2 Å². The van der Waals surface area contributed by atoms with E-state index >= 15 is 0 Å². The minimum Gasteiger partial charge on any atom is -0.352 e. The van der Waals surface area contributed by atoms with Crippen LogP contribution in [0.2, 0.25) is 0 Å². The fourth-order valence-electron chi connectivity index (χ4n) is 0.505. The molecule has 0 rings (SSSR count). The maximum atomic E-state index is 10.9. The number of carbonyl (C=O) groups is 2. The highest BCUT2D eigenvalue weighted by Gasteiger charge is 2.09. The number of carbonyl (C=O) groups excluding carboxylic acids is 2. The molecular formula is C8H13NO2. The van der Waals surface area contributed by atoms with Gasteiger partial charge in [0.25, 0.3) is 5.91 Å². The highest BCUT2D eigenvalue weighted by atomic mass is 16.2. The monoisotopic (exact) mass is 155 g/mol. The molecular weight excluding hydrogens is 142 g/mol. The third kappa shape index (κ3) is 3.55. The van der Waals surface area contributed by atoms with Crippen LogP contribution in [0.15, 0.2) is 12.2 Å². The SMILES string of the molecule is C=C(C(C)=O)C(=O)NCCC. The van der Waals surface area contributed by atoms with Crippen LogP contribution in [-0.2, 0) is 9.59 Å². The molecule has 0 radical (unpaired) electrons. The van der Waals surface area contributed by atoms with Gasteiger partial charge < -0.3 is 5.32 Å². The summed E-state index contributed by atoms with van der Waals surface area (Å²) in [4.78, 5) is 21.5. The number of rotatable bonds is 4. The minimum absolute atomic E-state index is 0.0263. The predicted molar refractivity (Wildman–Crippen MR) is 43.1 cm³/mol. The van der Waals surface area contributed by atoms with Crippen LogP contribution in [0.4, 0.5) is 0 Å². The second kappa shape index (κ2) is 4.66. The van der Waals surface area contributed by atoms with Crippen molar-refractivity contribution < 1.29 is 9.59 Å². The number of ketones is 1. The lowest BCUT2D eigenvalue weighted by Crippen LogP contribution is -2.27. The summed E-state index contributed by atoms with van der Waals surface area (Å²) < 4.78 is 0. The molecule has 0 saturated heterocycles. The van der Waals surface area contributed by atoms with E-state index in [4.69, 9.17) is 0 Å². The number of hydrogen-bond donors (Lipinski definition) is 1. The first-order valence-corrected chi connectivity index (χ1v) is 3.57. The first-order valence-electron chi connectivity index (χ1n) is 3.57. The van der Waals surface area contributed by atoms with Crippen LogP contribution in [0.1, 0.15) is 20.3 Å². The molecule has 0 aliphatic heterocycles. The molecule has 0 bridgehead atoms. The molecule has 0 saturated carbocycles. The van der Waals surface area contributed by atoms with E-state index < -0.39 is 0 Å². The molecule has 1 N–H and O–H groups in total. The third-order valence-electron chi connectivity index (χ3n) is 1.23. The van der Waals surface area contributed by atoms with Gasteiger partial charge in [-0.3, -0.25) is 9.59 Å². The van der Waals surface area contributed by atoms with Crippen LogP contribution in [-0.4, -0.2) is 18.2 Å². The topological polar surface area (TPSA) is 46.2 Å². The lowest BCUT2D eigenvalue weighted by atomic mass is 10.2. The third-order valence-corrected chi connectivity index (χ3v) is 1.23. The molecule has 3 nitrogen and oxygen atoms in total. The second-order valence-corrected chi connectivity index (χ2v) is 2.29. The molecule has 0 aliphatic rings. The number of hydrogen-bond acceptors (Lipinski definition) is 2. The lowest BCUT2D eigenvalue weighted by molar-refractivity contribution is -0.121. The summed E-state index contributed by atoms with van der Waals surface area (Å²) in [5.74, 6) is -0.641. The van der Waals surface area contributed by atoms with Gasteiger partial charge in [-0.05, 0) is 13.3 Å². The molecule has 0 aromatic rings. The minimum atomic E-state index is -0.362. The van der Waals surface area contributed by atoms with E-state index in [2.05, 4.69) is 11.9 Å². The zero-order chi connectivity index (χ0) is 8.85. The Morgan fingerprint density at radius 3 is 2.36 bits per heavy atom. The fourth-order valence-corrected chi connectivity index (χ4v) is 0.505. The summed E-state index contributed by atoms with van der Waals surface area (Å²) in [6.45, 7) is 7.20. The van der Waals surface area contributed by atoms with Crippen LogP contribution >= 0.6 is 0 Å². The van der Waals surface area contributed by atoms with Crippen molar-refractivity contribution in [3.8, 4) is 0 Å². The van der Waals surface area contributed by atoms with Crippen molar-refractivity contribution in [2.75, 3.05) is 6.54 Å². The molecule has 0 unspecified atom stereocenters. The Balaban J connectivity index is 3.84.